The molecule has 0 aliphatic rings. The van der Waals surface area contributed by atoms with Gasteiger partial charge in [-0.2, -0.15) is 17.0 Å². The van der Waals surface area contributed by atoms with Crippen molar-refractivity contribution < 1.29 is 24.2 Å². The highest BCUT2D eigenvalue weighted by atomic mass is 32.2. The number of amides is 3. The molecule has 9 nitrogen and oxygen atoms in total. The Balaban J connectivity index is 3.37. The van der Waals surface area contributed by atoms with Crippen LogP contribution in [0.2, 0.25) is 0 Å². The number of hydrogen-bond donors (Lipinski definition) is 3. The molecule has 0 saturated carbocycles. The number of nitriles is 1. The van der Waals surface area contributed by atoms with Crippen molar-refractivity contribution in [1.29, 1.82) is 5.26 Å². The standard InChI is InChI=1S/C24H36N4O5S/c1-6-7-14-26-21(30)20(17-10-8-9-11-19(17)29)28(15-13-25)22(31)18(12-16-34-5)27-23(32)33-24(2,3)4/h8-11,18,20,29H,6-7,12,14-16H2,1-5H3,(H,26,30)(H,27,32). The zero-order valence-corrected chi connectivity index (χ0v) is 21.4. The number of unbranched alkanes of at least 4 members (excludes halogenated alkanes) is 1. The summed E-state index contributed by atoms with van der Waals surface area (Å²) >= 11 is 1.49. The third-order valence-electron chi connectivity index (χ3n) is 4.74. The molecule has 1 rings (SSSR count). The van der Waals surface area contributed by atoms with Gasteiger partial charge in [0.15, 0.2) is 0 Å². The van der Waals surface area contributed by atoms with Gasteiger partial charge in [-0.25, -0.2) is 4.79 Å². The number of para-hydroxylation sites is 1. The maximum atomic E-state index is 13.6. The van der Waals surface area contributed by atoms with E-state index in [2.05, 4.69) is 10.6 Å². The minimum absolute atomic E-state index is 0.172. The smallest absolute Gasteiger partial charge is 0.408 e. The third kappa shape index (κ3) is 9.51. The Morgan fingerprint density at radius 1 is 1.26 bits per heavy atom. The van der Waals surface area contributed by atoms with Crippen molar-refractivity contribution >= 4 is 29.7 Å². The maximum absolute atomic E-state index is 13.6. The number of rotatable bonds is 12. The van der Waals surface area contributed by atoms with Crippen molar-refractivity contribution in [3.05, 3.63) is 29.8 Å². The molecule has 0 radical (unpaired) electrons. The van der Waals surface area contributed by atoms with Gasteiger partial charge in [0.05, 0.1) is 6.07 Å². The predicted molar refractivity (Wildman–Crippen MR) is 132 cm³/mol. The molecule has 0 saturated heterocycles. The molecule has 0 heterocycles. The first-order valence-corrected chi connectivity index (χ1v) is 12.7. The average Bonchev–Trinajstić information content (AvgIpc) is 2.76. The highest BCUT2D eigenvalue weighted by Gasteiger charge is 2.37. The number of phenolic OH excluding ortho intramolecular Hbond substituents is 1. The normalized spacial score (nSPS) is 12.7. The third-order valence-corrected chi connectivity index (χ3v) is 5.39. The number of carbonyl (C=O) groups excluding carboxylic acids is 3. The molecule has 1 aromatic carbocycles. The molecule has 2 unspecified atom stereocenters. The molecule has 0 bridgehead atoms. The Labute approximate surface area is 206 Å². The van der Waals surface area contributed by atoms with Gasteiger partial charge < -0.3 is 25.4 Å². The Morgan fingerprint density at radius 3 is 2.50 bits per heavy atom. The first-order chi connectivity index (χ1) is 16.1. The average molecular weight is 493 g/mol. The van der Waals surface area contributed by atoms with Gasteiger partial charge in [-0.3, -0.25) is 9.59 Å². The molecule has 3 amide bonds. The maximum Gasteiger partial charge on any atom is 0.408 e. The molecule has 34 heavy (non-hydrogen) atoms. The quantitative estimate of drug-likeness (QED) is 0.301. The van der Waals surface area contributed by atoms with Crippen LogP contribution in [0.25, 0.3) is 0 Å². The topological polar surface area (TPSA) is 132 Å². The van der Waals surface area contributed by atoms with Gasteiger partial charge in [-0.15, -0.1) is 0 Å². The fourth-order valence-corrected chi connectivity index (χ4v) is 3.64. The van der Waals surface area contributed by atoms with E-state index in [1.54, 1.807) is 32.9 Å². The molecular formula is C24H36N4O5S. The summed E-state index contributed by atoms with van der Waals surface area (Å²) in [5, 5.41) is 25.3. The van der Waals surface area contributed by atoms with Crippen molar-refractivity contribution in [2.45, 2.75) is 64.6 Å². The Hall–Kier alpha value is -2.93. The highest BCUT2D eigenvalue weighted by molar-refractivity contribution is 7.98. The second kappa shape index (κ2) is 14.4. The molecule has 0 fully saturated rings. The molecule has 0 aliphatic heterocycles. The zero-order chi connectivity index (χ0) is 25.7. The summed E-state index contributed by atoms with van der Waals surface area (Å²) in [6, 6.07) is 5.87. The molecule has 1 aromatic rings. The zero-order valence-electron chi connectivity index (χ0n) is 20.6. The number of alkyl carbamates (subject to hydrolysis) is 1. The van der Waals surface area contributed by atoms with Gasteiger partial charge in [-0.05, 0) is 51.7 Å². The number of nitrogens with zero attached hydrogens (tertiary/aromatic N) is 2. The first-order valence-electron chi connectivity index (χ1n) is 11.3. The summed E-state index contributed by atoms with van der Waals surface area (Å²) < 4.78 is 5.30. The van der Waals surface area contributed by atoms with Crippen molar-refractivity contribution in [3.8, 4) is 11.8 Å². The van der Waals surface area contributed by atoms with Crippen molar-refractivity contribution in [2.75, 3.05) is 25.1 Å². The SMILES string of the molecule is CCCCNC(=O)C(c1ccccc1O)N(CC#N)C(=O)C(CCSC)NC(=O)OC(C)(C)C. The van der Waals surface area contributed by atoms with Gasteiger partial charge in [0.2, 0.25) is 11.8 Å². The number of aromatic hydroxyl groups is 1. The molecule has 0 aliphatic carbocycles. The first kappa shape index (κ1) is 29.1. The van der Waals surface area contributed by atoms with E-state index in [0.29, 0.717) is 12.3 Å². The second-order valence-electron chi connectivity index (χ2n) is 8.71. The fourth-order valence-electron chi connectivity index (χ4n) is 3.17. The number of phenols is 1. The van der Waals surface area contributed by atoms with Crippen LogP contribution in [-0.4, -0.2) is 64.7 Å². The van der Waals surface area contributed by atoms with E-state index in [9.17, 15) is 24.8 Å². The largest absolute Gasteiger partial charge is 0.508 e. The van der Waals surface area contributed by atoms with Gasteiger partial charge in [0.25, 0.3) is 0 Å². The fraction of sp³-hybridized carbons (Fsp3) is 0.583. The lowest BCUT2D eigenvalue weighted by molar-refractivity contribution is -0.141. The molecule has 188 valence electrons. The minimum atomic E-state index is -1.25. The van der Waals surface area contributed by atoms with Crippen molar-refractivity contribution in [2.24, 2.45) is 0 Å². The van der Waals surface area contributed by atoms with Crippen LogP contribution in [0.15, 0.2) is 24.3 Å². The Morgan fingerprint density at radius 2 is 1.94 bits per heavy atom. The van der Waals surface area contributed by atoms with Crippen LogP contribution in [-0.2, 0) is 14.3 Å². The van der Waals surface area contributed by atoms with Crippen LogP contribution in [0.5, 0.6) is 5.75 Å². The molecule has 2 atom stereocenters. The van der Waals surface area contributed by atoms with Crippen LogP contribution in [0, 0.1) is 11.3 Å². The van der Waals surface area contributed by atoms with Gasteiger partial charge in [0.1, 0.15) is 30.0 Å². The van der Waals surface area contributed by atoms with Crippen LogP contribution >= 0.6 is 11.8 Å². The summed E-state index contributed by atoms with van der Waals surface area (Å²) in [4.78, 5) is 40.4. The summed E-state index contributed by atoms with van der Waals surface area (Å²) in [5.74, 6) is -0.745. The molecular weight excluding hydrogens is 456 g/mol. The van der Waals surface area contributed by atoms with E-state index >= 15 is 0 Å². The summed E-state index contributed by atoms with van der Waals surface area (Å²) in [7, 11) is 0. The molecule has 0 aromatic heterocycles. The van der Waals surface area contributed by atoms with Crippen LogP contribution in [0.1, 0.15) is 58.6 Å². The lowest BCUT2D eigenvalue weighted by Gasteiger charge is -2.33. The number of carbonyl (C=O) groups is 3. The van der Waals surface area contributed by atoms with E-state index < -0.39 is 42.1 Å². The number of nitrogens with one attached hydrogen (secondary N) is 2. The molecule has 3 N–H and O–H groups in total. The van der Waals surface area contributed by atoms with E-state index in [1.807, 2.05) is 19.2 Å². The lowest BCUT2D eigenvalue weighted by atomic mass is 10.0. The van der Waals surface area contributed by atoms with E-state index in [1.165, 1.54) is 23.9 Å². The van der Waals surface area contributed by atoms with Crippen LogP contribution < -0.4 is 10.6 Å². The van der Waals surface area contributed by atoms with Crippen molar-refractivity contribution in [3.63, 3.8) is 0 Å². The summed E-state index contributed by atoms with van der Waals surface area (Å²) in [6.07, 6.45) is 2.97. The minimum Gasteiger partial charge on any atom is -0.508 e. The molecule has 10 heteroatoms. The highest BCUT2D eigenvalue weighted by Crippen LogP contribution is 2.29. The monoisotopic (exact) mass is 492 g/mol. The number of hydrogen-bond acceptors (Lipinski definition) is 7. The summed E-state index contributed by atoms with van der Waals surface area (Å²) in [6.45, 7) is 7.09. The Kier molecular flexibility index (Phi) is 12.3. The van der Waals surface area contributed by atoms with Crippen LogP contribution in [0.4, 0.5) is 4.79 Å². The lowest BCUT2D eigenvalue weighted by Crippen LogP contribution is -2.53. The van der Waals surface area contributed by atoms with E-state index in [0.717, 1.165) is 17.7 Å². The number of benzene rings is 1. The Bertz CT molecular complexity index is 866. The summed E-state index contributed by atoms with van der Waals surface area (Å²) in [5.41, 5.74) is -0.567. The van der Waals surface area contributed by atoms with Crippen molar-refractivity contribution in [1.82, 2.24) is 15.5 Å². The van der Waals surface area contributed by atoms with E-state index in [-0.39, 0.29) is 17.7 Å². The molecule has 0 spiro atoms. The van der Waals surface area contributed by atoms with E-state index in [4.69, 9.17) is 4.74 Å². The predicted octanol–water partition coefficient (Wildman–Crippen LogP) is 3.35. The van der Waals surface area contributed by atoms with Gasteiger partial charge >= 0.3 is 6.09 Å². The van der Waals surface area contributed by atoms with Gasteiger partial charge in [0, 0.05) is 12.1 Å². The van der Waals surface area contributed by atoms with Crippen LogP contribution in [0.3, 0.4) is 0 Å². The van der Waals surface area contributed by atoms with Gasteiger partial charge in [-0.1, -0.05) is 31.5 Å². The second-order valence-corrected chi connectivity index (χ2v) is 9.70. The number of ether oxygens (including phenoxy) is 1. The number of thioether (sulfide) groups is 1.